The van der Waals surface area contributed by atoms with E-state index in [0.29, 0.717) is 18.5 Å². The van der Waals surface area contributed by atoms with Crippen LogP contribution in [0.25, 0.3) is 0 Å². The lowest BCUT2D eigenvalue weighted by atomic mass is 10.1. The number of hydrogen-bond acceptors (Lipinski definition) is 1. The number of amides is 1. The number of hydrogen-bond donors (Lipinski definition) is 1. The number of nitrogens with one attached hydrogen (secondary N) is 1. The second kappa shape index (κ2) is 6.14. The highest BCUT2D eigenvalue weighted by molar-refractivity contribution is 5.90. The molecule has 0 saturated heterocycles. The van der Waals surface area contributed by atoms with Gasteiger partial charge in [-0.15, -0.1) is 0 Å². The lowest BCUT2D eigenvalue weighted by molar-refractivity contribution is -0.116. The van der Waals surface area contributed by atoms with Crippen molar-refractivity contribution in [3.8, 4) is 0 Å². The molecule has 0 atom stereocenters. The summed E-state index contributed by atoms with van der Waals surface area (Å²) in [5.74, 6) is -0.371. The summed E-state index contributed by atoms with van der Waals surface area (Å²) in [6.07, 6.45) is 1.12. The van der Waals surface area contributed by atoms with E-state index in [4.69, 9.17) is 0 Å². The maximum Gasteiger partial charge on any atom is 0.224 e. The molecule has 0 aromatic heterocycles. The Labute approximate surface area is 112 Å². The predicted octanol–water partition coefficient (Wildman–Crippen LogP) is 3.71. The fourth-order valence-corrected chi connectivity index (χ4v) is 1.77. The lowest BCUT2D eigenvalue weighted by Crippen LogP contribution is -2.12. The van der Waals surface area contributed by atoms with E-state index in [2.05, 4.69) is 5.32 Å². The Hall–Kier alpha value is -2.16. The van der Waals surface area contributed by atoms with Crippen LogP contribution in [0.15, 0.2) is 48.5 Å². The molecule has 0 bridgehead atoms. The van der Waals surface area contributed by atoms with Gasteiger partial charge in [-0.05, 0) is 43.2 Å². The van der Waals surface area contributed by atoms with Crippen LogP contribution >= 0.6 is 0 Å². The molecular formula is C16H16FNO. The fourth-order valence-electron chi connectivity index (χ4n) is 1.77. The Morgan fingerprint density at radius 1 is 1.05 bits per heavy atom. The molecule has 2 aromatic carbocycles. The summed E-state index contributed by atoms with van der Waals surface area (Å²) in [6.45, 7) is 2.03. The second-order valence-corrected chi connectivity index (χ2v) is 4.54. The van der Waals surface area contributed by atoms with Crippen LogP contribution in [0.1, 0.15) is 17.5 Å². The highest BCUT2D eigenvalue weighted by Gasteiger charge is 2.03. The Morgan fingerprint density at radius 2 is 1.68 bits per heavy atom. The molecule has 19 heavy (non-hydrogen) atoms. The number of halogens is 1. The van der Waals surface area contributed by atoms with Gasteiger partial charge in [0.05, 0.1) is 0 Å². The first kappa shape index (κ1) is 13.3. The molecular weight excluding hydrogens is 241 g/mol. The third-order valence-corrected chi connectivity index (χ3v) is 2.89. The Kier molecular flexibility index (Phi) is 4.29. The zero-order chi connectivity index (χ0) is 13.7. The molecule has 0 radical (unpaired) electrons. The first-order valence-electron chi connectivity index (χ1n) is 6.24. The largest absolute Gasteiger partial charge is 0.326 e. The minimum absolute atomic E-state index is 0.0628. The number of carbonyl (C=O) groups is 1. The maximum atomic E-state index is 12.7. The third-order valence-electron chi connectivity index (χ3n) is 2.89. The summed E-state index contributed by atoms with van der Waals surface area (Å²) in [4.78, 5) is 11.7. The van der Waals surface area contributed by atoms with Gasteiger partial charge in [0.2, 0.25) is 5.91 Å². The van der Waals surface area contributed by atoms with Gasteiger partial charge in [0.15, 0.2) is 0 Å². The lowest BCUT2D eigenvalue weighted by Gasteiger charge is -2.05. The molecule has 98 valence electrons. The monoisotopic (exact) mass is 257 g/mol. The number of anilines is 1. The van der Waals surface area contributed by atoms with Crippen LogP contribution in [0.3, 0.4) is 0 Å². The normalized spacial score (nSPS) is 10.2. The van der Waals surface area contributed by atoms with Crippen molar-refractivity contribution < 1.29 is 9.18 Å². The molecule has 0 spiro atoms. The summed E-state index contributed by atoms with van der Waals surface area (Å²) in [5, 5.41) is 2.75. The number of aryl methyl sites for hydroxylation is 2. The van der Waals surface area contributed by atoms with Gasteiger partial charge in [-0.1, -0.05) is 29.8 Å². The summed E-state index contributed by atoms with van der Waals surface area (Å²) in [5.41, 5.74) is 2.97. The van der Waals surface area contributed by atoms with Crippen LogP contribution in [-0.4, -0.2) is 5.91 Å². The highest BCUT2D eigenvalue weighted by Crippen LogP contribution is 2.10. The summed E-state index contributed by atoms with van der Waals surface area (Å²) in [6, 6.07) is 13.9. The van der Waals surface area contributed by atoms with Gasteiger partial charge in [-0.2, -0.15) is 0 Å². The Morgan fingerprint density at radius 3 is 2.32 bits per heavy atom. The Balaban J connectivity index is 1.84. The smallest absolute Gasteiger partial charge is 0.224 e. The van der Waals surface area contributed by atoms with Gasteiger partial charge in [0.25, 0.3) is 0 Å². The van der Waals surface area contributed by atoms with E-state index in [1.165, 1.54) is 17.7 Å². The molecule has 0 aliphatic carbocycles. The summed E-state index contributed by atoms with van der Waals surface area (Å²) < 4.78 is 12.7. The quantitative estimate of drug-likeness (QED) is 0.889. The summed E-state index contributed by atoms with van der Waals surface area (Å²) in [7, 11) is 0. The van der Waals surface area contributed by atoms with E-state index >= 15 is 0 Å². The second-order valence-electron chi connectivity index (χ2n) is 4.54. The van der Waals surface area contributed by atoms with Crippen molar-refractivity contribution >= 4 is 11.6 Å². The van der Waals surface area contributed by atoms with Gasteiger partial charge in [0, 0.05) is 12.1 Å². The van der Waals surface area contributed by atoms with Gasteiger partial charge in [-0.25, -0.2) is 4.39 Å². The van der Waals surface area contributed by atoms with E-state index in [1.807, 2.05) is 31.2 Å². The first-order valence-corrected chi connectivity index (χ1v) is 6.24. The molecule has 2 rings (SSSR count). The van der Waals surface area contributed by atoms with Crippen molar-refractivity contribution in [2.45, 2.75) is 19.8 Å². The van der Waals surface area contributed by atoms with Crippen LogP contribution in [0.2, 0.25) is 0 Å². The number of rotatable bonds is 4. The van der Waals surface area contributed by atoms with Crippen molar-refractivity contribution in [3.05, 3.63) is 65.5 Å². The highest BCUT2D eigenvalue weighted by atomic mass is 19.1. The average Bonchev–Trinajstić information content (AvgIpc) is 2.41. The van der Waals surface area contributed by atoms with E-state index in [0.717, 1.165) is 5.56 Å². The summed E-state index contributed by atoms with van der Waals surface area (Å²) >= 11 is 0. The minimum atomic E-state index is -0.308. The van der Waals surface area contributed by atoms with Gasteiger partial charge in [-0.3, -0.25) is 4.79 Å². The first-order chi connectivity index (χ1) is 9.13. The molecule has 0 saturated carbocycles. The van der Waals surface area contributed by atoms with Crippen LogP contribution in [0.4, 0.5) is 10.1 Å². The van der Waals surface area contributed by atoms with E-state index < -0.39 is 0 Å². The minimum Gasteiger partial charge on any atom is -0.326 e. The molecule has 2 aromatic rings. The van der Waals surface area contributed by atoms with Gasteiger partial charge < -0.3 is 5.32 Å². The molecule has 3 heteroatoms. The van der Waals surface area contributed by atoms with Gasteiger partial charge in [0.1, 0.15) is 5.82 Å². The number of benzene rings is 2. The van der Waals surface area contributed by atoms with E-state index in [-0.39, 0.29) is 11.7 Å². The molecule has 2 nitrogen and oxygen atoms in total. The standard InChI is InChI=1S/C16H16FNO/c1-12-2-4-13(5-3-12)6-11-16(19)18-15-9-7-14(17)8-10-15/h2-5,7-10H,6,11H2,1H3,(H,18,19). The van der Waals surface area contributed by atoms with Crippen molar-refractivity contribution in [1.29, 1.82) is 0 Å². The SMILES string of the molecule is Cc1ccc(CCC(=O)Nc2ccc(F)cc2)cc1. The van der Waals surface area contributed by atoms with Crippen molar-refractivity contribution in [3.63, 3.8) is 0 Å². The van der Waals surface area contributed by atoms with Crippen molar-refractivity contribution in [2.24, 2.45) is 0 Å². The number of carbonyl (C=O) groups excluding carboxylic acids is 1. The predicted molar refractivity (Wildman–Crippen MR) is 74.5 cm³/mol. The van der Waals surface area contributed by atoms with E-state index in [9.17, 15) is 9.18 Å². The zero-order valence-electron chi connectivity index (χ0n) is 10.8. The topological polar surface area (TPSA) is 29.1 Å². The fraction of sp³-hybridized carbons (Fsp3) is 0.188. The van der Waals surface area contributed by atoms with Crippen molar-refractivity contribution in [2.75, 3.05) is 5.32 Å². The third kappa shape index (κ3) is 4.21. The average molecular weight is 257 g/mol. The zero-order valence-corrected chi connectivity index (χ0v) is 10.8. The van der Waals surface area contributed by atoms with E-state index in [1.54, 1.807) is 12.1 Å². The molecule has 0 unspecified atom stereocenters. The molecule has 1 amide bonds. The molecule has 0 fully saturated rings. The molecule has 0 aliphatic rings. The van der Waals surface area contributed by atoms with Crippen LogP contribution < -0.4 is 5.32 Å². The Bertz CT molecular complexity index is 546. The van der Waals surface area contributed by atoms with Crippen LogP contribution in [0, 0.1) is 12.7 Å². The molecule has 0 aliphatic heterocycles. The molecule has 1 N–H and O–H groups in total. The van der Waals surface area contributed by atoms with Crippen LogP contribution in [0.5, 0.6) is 0 Å². The van der Waals surface area contributed by atoms with Crippen molar-refractivity contribution in [1.82, 2.24) is 0 Å². The maximum absolute atomic E-state index is 12.7. The van der Waals surface area contributed by atoms with Gasteiger partial charge >= 0.3 is 0 Å². The van der Waals surface area contributed by atoms with Crippen LogP contribution in [-0.2, 0) is 11.2 Å². The molecule has 0 heterocycles.